The van der Waals surface area contributed by atoms with Crippen molar-refractivity contribution >= 4 is 21.6 Å². The zero-order valence-electron chi connectivity index (χ0n) is 7.59. The van der Waals surface area contributed by atoms with Gasteiger partial charge in [0.1, 0.15) is 5.75 Å². The highest BCUT2D eigenvalue weighted by atomic mass is 79.9. The van der Waals surface area contributed by atoms with E-state index in [4.69, 9.17) is 4.74 Å². The summed E-state index contributed by atoms with van der Waals surface area (Å²) in [6.45, 7) is 2.34. The second kappa shape index (κ2) is 3.58. The van der Waals surface area contributed by atoms with E-state index in [1.54, 1.807) is 7.11 Å². The molecule has 1 aliphatic rings. The van der Waals surface area contributed by atoms with E-state index in [1.807, 2.05) is 6.07 Å². The van der Waals surface area contributed by atoms with Gasteiger partial charge in [-0.2, -0.15) is 0 Å². The highest BCUT2D eigenvalue weighted by molar-refractivity contribution is 9.10. The van der Waals surface area contributed by atoms with Crippen molar-refractivity contribution in [3.05, 3.63) is 22.7 Å². The summed E-state index contributed by atoms with van der Waals surface area (Å²) in [5, 5.41) is 0. The average molecular weight is 242 g/mol. The van der Waals surface area contributed by atoms with E-state index in [2.05, 4.69) is 33.0 Å². The van der Waals surface area contributed by atoms with Gasteiger partial charge >= 0.3 is 0 Å². The lowest BCUT2D eigenvalue weighted by Gasteiger charge is -2.33. The van der Waals surface area contributed by atoms with Crippen molar-refractivity contribution in [1.29, 1.82) is 0 Å². The molecule has 2 nitrogen and oxygen atoms in total. The molecule has 0 saturated carbocycles. The van der Waals surface area contributed by atoms with E-state index in [0.717, 1.165) is 10.2 Å². The first-order valence-corrected chi connectivity index (χ1v) is 5.19. The molecule has 1 saturated heterocycles. The van der Waals surface area contributed by atoms with Gasteiger partial charge in [-0.15, -0.1) is 0 Å². The van der Waals surface area contributed by atoms with Crippen LogP contribution in [0.3, 0.4) is 0 Å². The zero-order valence-corrected chi connectivity index (χ0v) is 9.17. The molecule has 0 atom stereocenters. The van der Waals surface area contributed by atoms with Gasteiger partial charge < -0.3 is 9.64 Å². The van der Waals surface area contributed by atoms with Crippen LogP contribution in [0.5, 0.6) is 5.75 Å². The Balaban J connectivity index is 2.26. The van der Waals surface area contributed by atoms with E-state index in [9.17, 15) is 0 Å². The van der Waals surface area contributed by atoms with E-state index < -0.39 is 0 Å². The normalized spacial score (nSPS) is 15.4. The van der Waals surface area contributed by atoms with Gasteiger partial charge in [0.15, 0.2) is 0 Å². The molecule has 0 spiro atoms. The molecule has 0 aliphatic carbocycles. The topological polar surface area (TPSA) is 12.5 Å². The Labute approximate surface area is 86.6 Å². The van der Waals surface area contributed by atoms with Crippen LogP contribution in [0, 0.1) is 0 Å². The quantitative estimate of drug-likeness (QED) is 0.790. The summed E-state index contributed by atoms with van der Waals surface area (Å²) >= 11 is 3.44. The Morgan fingerprint density at radius 3 is 2.69 bits per heavy atom. The third-order valence-corrected chi connectivity index (χ3v) is 3.01. The molecule has 1 heterocycles. The Morgan fingerprint density at radius 2 is 2.15 bits per heavy atom. The third kappa shape index (κ3) is 1.66. The zero-order chi connectivity index (χ0) is 9.26. The SMILES string of the molecule is COc1cc(N2CCC2)ccc1Br. The van der Waals surface area contributed by atoms with Crippen molar-refractivity contribution in [2.45, 2.75) is 6.42 Å². The van der Waals surface area contributed by atoms with Crippen LogP contribution in [0.15, 0.2) is 22.7 Å². The molecule has 0 bridgehead atoms. The maximum absolute atomic E-state index is 5.23. The Bertz CT molecular complexity index is 310. The van der Waals surface area contributed by atoms with E-state index in [1.165, 1.54) is 25.2 Å². The van der Waals surface area contributed by atoms with E-state index in [0.29, 0.717) is 0 Å². The summed E-state index contributed by atoms with van der Waals surface area (Å²) in [5.74, 6) is 0.907. The van der Waals surface area contributed by atoms with Crippen LogP contribution in [0.25, 0.3) is 0 Å². The maximum atomic E-state index is 5.23. The second-order valence-corrected chi connectivity index (χ2v) is 4.01. The molecule has 1 aromatic carbocycles. The first-order chi connectivity index (χ1) is 6.31. The number of methoxy groups -OCH3 is 1. The Morgan fingerprint density at radius 1 is 1.38 bits per heavy atom. The first-order valence-electron chi connectivity index (χ1n) is 4.40. The molecular weight excluding hydrogens is 230 g/mol. The van der Waals surface area contributed by atoms with Crippen LogP contribution in [-0.2, 0) is 0 Å². The minimum absolute atomic E-state index is 0.907. The van der Waals surface area contributed by atoms with Gasteiger partial charge in [0, 0.05) is 24.8 Å². The molecule has 0 aromatic heterocycles. The molecule has 0 unspecified atom stereocenters. The third-order valence-electron chi connectivity index (χ3n) is 2.36. The summed E-state index contributed by atoms with van der Waals surface area (Å²) in [4.78, 5) is 2.34. The van der Waals surface area contributed by atoms with Crippen LogP contribution < -0.4 is 9.64 Å². The number of halogens is 1. The summed E-state index contributed by atoms with van der Waals surface area (Å²) in [6.07, 6.45) is 1.30. The molecule has 3 heteroatoms. The van der Waals surface area contributed by atoms with Crippen molar-refractivity contribution < 1.29 is 4.74 Å². The van der Waals surface area contributed by atoms with Gasteiger partial charge in [0.2, 0.25) is 0 Å². The highest BCUT2D eigenvalue weighted by Crippen LogP contribution is 2.31. The van der Waals surface area contributed by atoms with Crippen LogP contribution in [0.2, 0.25) is 0 Å². The molecule has 0 N–H and O–H groups in total. The largest absolute Gasteiger partial charge is 0.495 e. The van der Waals surface area contributed by atoms with Crippen molar-refractivity contribution in [3.63, 3.8) is 0 Å². The summed E-state index contributed by atoms with van der Waals surface area (Å²) in [7, 11) is 1.69. The number of hydrogen-bond donors (Lipinski definition) is 0. The van der Waals surface area contributed by atoms with Gasteiger partial charge in [-0.25, -0.2) is 0 Å². The number of anilines is 1. The predicted molar refractivity (Wildman–Crippen MR) is 57.5 cm³/mol. The molecule has 0 amide bonds. The Hall–Kier alpha value is -0.700. The first kappa shape index (κ1) is 8.88. The van der Waals surface area contributed by atoms with Gasteiger partial charge in [-0.05, 0) is 34.5 Å². The van der Waals surface area contributed by atoms with Crippen LogP contribution >= 0.6 is 15.9 Å². The molecule has 2 rings (SSSR count). The maximum Gasteiger partial charge on any atom is 0.135 e. The summed E-state index contributed by atoms with van der Waals surface area (Å²) in [5.41, 5.74) is 1.26. The summed E-state index contributed by atoms with van der Waals surface area (Å²) < 4.78 is 6.24. The average Bonchev–Trinajstić information content (AvgIpc) is 2.05. The lowest BCUT2D eigenvalue weighted by molar-refractivity contribution is 0.412. The number of hydrogen-bond acceptors (Lipinski definition) is 2. The minimum atomic E-state index is 0.907. The Kier molecular flexibility index (Phi) is 2.44. The van der Waals surface area contributed by atoms with E-state index in [-0.39, 0.29) is 0 Å². The standard InChI is InChI=1S/C10H12BrNO/c1-13-10-7-8(3-4-9(10)11)12-5-2-6-12/h3-4,7H,2,5-6H2,1H3. The van der Waals surface area contributed by atoms with Crippen molar-refractivity contribution in [2.75, 3.05) is 25.1 Å². The monoisotopic (exact) mass is 241 g/mol. The molecule has 70 valence electrons. The molecular formula is C10H12BrNO. The van der Waals surface area contributed by atoms with Gasteiger partial charge in [0.05, 0.1) is 11.6 Å². The fourth-order valence-corrected chi connectivity index (χ4v) is 1.83. The number of benzene rings is 1. The molecule has 13 heavy (non-hydrogen) atoms. The number of ether oxygens (including phenoxy) is 1. The van der Waals surface area contributed by atoms with E-state index >= 15 is 0 Å². The van der Waals surface area contributed by atoms with Gasteiger partial charge in [-0.1, -0.05) is 0 Å². The molecule has 1 aliphatic heterocycles. The lowest BCUT2D eigenvalue weighted by Crippen LogP contribution is -2.36. The number of rotatable bonds is 2. The highest BCUT2D eigenvalue weighted by Gasteiger charge is 2.15. The van der Waals surface area contributed by atoms with Crippen molar-refractivity contribution in [1.82, 2.24) is 0 Å². The van der Waals surface area contributed by atoms with Crippen LogP contribution in [0.1, 0.15) is 6.42 Å². The van der Waals surface area contributed by atoms with Crippen LogP contribution in [-0.4, -0.2) is 20.2 Å². The smallest absolute Gasteiger partial charge is 0.135 e. The van der Waals surface area contributed by atoms with Crippen LogP contribution in [0.4, 0.5) is 5.69 Å². The molecule has 1 aromatic rings. The molecule has 0 radical (unpaired) electrons. The fraction of sp³-hybridized carbons (Fsp3) is 0.400. The minimum Gasteiger partial charge on any atom is -0.495 e. The molecule has 1 fully saturated rings. The number of nitrogens with zero attached hydrogens (tertiary/aromatic N) is 1. The second-order valence-electron chi connectivity index (χ2n) is 3.16. The van der Waals surface area contributed by atoms with Crippen molar-refractivity contribution in [3.8, 4) is 5.75 Å². The van der Waals surface area contributed by atoms with Gasteiger partial charge in [0.25, 0.3) is 0 Å². The summed E-state index contributed by atoms with van der Waals surface area (Å²) in [6, 6.07) is 6.22. The van der Waals surface area contributed by atoms with Gasteiger partial charge in [-0.3, -0.25) is 0 Å². The lowest BCUT2D eigenvalue weighted by atomic mass is 10.2. The van der Waals surface area contributed by atoms with Crippen molar-refractivity contribution in [2.24, 2.45) is 0 Å². The predicted octanol–water partition coefficient (Wildman–Crippen LogP) is 2.67. The fourth-order valence-electron chi connectivity index (χ4n) is 1.42.